The third kappa shape index (κ3) is 3.22. The molecule has 0 saturated carbocycles. The Balaban J connectivity index is 2.30. The van der Waals surface area contributed by atoms with Crippen molar-refractivity contribution in [2.75, 3.05) is 0 Å². The fraction of sp³-hybridized carbons (Fsp3) is 0.545. The summed E-state index contributed by atoms with van der Waals surface area (Å²) in [6.45, 7) is 6.15. The Morgan fingerprint density at radius 3 is 2.94 bits per heavy atom. The van der Waals surface area contributed by atoms with Crippen molar-refractivity contribution in [1.29, 1.82) is 0 Å². The standard InChI is InChI=1S/C11H14BBrClNO2/c1-7-5-11(2,3)17-12(16-7)9-4-8(13)6-15-10(9)14/h4,6-7H,5H2,1-3H3/t7-/m0/s1. The first-order valence-corrected chi connectivity index (χ1v) is 6.69. The number of halogens is 2. The summed E-state index contributed by atoms with van der Waals surface area (Å²) >= 11 is 9.45. The third-order valence-corrected chi connectivity index (χ3v) is 3.40. The Kier molecular flexibility index (Phi) is 3.83. The van der Waals surface area contributed by atoms with Crippen LogP contribution in [0.25, 0.3) is 0 Å². The molecule has 0 amide bonds. The van der Waals surface area contributed by atoms with Gasteiger partial charge in [-0.15, -0.1) is 0 Å². The molecule has 1 fully saturated rings. The van der Waals surface area contributed by atoms with Gasteiger partial charge in [0.2, 0.25) is 0 Å². The van der Waals surface area contributed by atoms with Crippen molar-refractivity contribution in [3.05, 3.63) is 21.9 Å². The minimum absolute atomic E-state index is 0.138. The molecule has 2 heterocycles. The lowest BCUT2D eigenvalue weighted by atomic mass is 9.76. The van der Waals surface area contributed by atoms with Gasteiger partial charge in [0.05, 0.1) is 5.60 Å². The lowest BCUT2D eigenvalue weighted by Gasteiger charge is -2.38. The molecule has 1 aliphatic rings. The zero-order valence-corrected chi connectivity index (χ0v) is 12.4. The maximum Gasteiger partial charge on any atom is 0.497 e. The minimum Gasteiger partial charge on any atom is -0.405 e. The third-order valence-electron chi connectivity index (χ3n) is 2.65. The first kappa shape index (κ1) is 13.3. The zero-order chi connectivity index (χ0) is 12.6. The highest BCUT2D eigenvalue weighted by Crippen LogP contribution is 2.26. The molecule has 1 saturated heterocycles. The Morgan fingerprint density at radius 2 is 2.29 bits per heavy atom. The van der Waals surface area contributed by atoms with Gasteiger partial charge >= 0.3 is 7.12 Å². The molecule has 92 valence electrons. The summed E-state index contributed by atoms with van der Waals surface area (Å²) in [6.07, 6.45) is 2.66. The summed E-state index contributed by atoms with van der Waals surface area (Å²) < 4.78 is 12.5. The smallest absolute Gasteiger partial charge is 0.405 e. The van der Waals surface area contributed by atoms with E-state index >= 15 is 0 Å². The Morgan fingerprint density at radius 1 is 1.59 bits per heavy atom. The summed E-state index contributed by atoms with van der Waals surface area (Å²) in [7, 11) is -0.453. The van der Waals surface area contributed by atoms with Crippen LogP contribution in [0.15, 0.2) is 16.7 Å². The number of hydrogen-bond donors (Lipinski definition) is 0. The zero-order valence-electron chi connectivity index (χ0n) is 10.0. The molecule has 0 aromatic carbocycles. The molecule has 0 N–H and O–H groups in total. The maximum absolute atomic E-state index is 6.08. The lowest BCUT2D eigenvalue weighted by molar-refractivity contribution is -0.0229. The molecule has 0 aliphatic carbocycles. The van der Waals surface area contributed by atoms with Gasteiger partial charge in [-0.25, -0.2) is 4.98 Å². The van der Waals surface area contributed by atoms with Crippen LogP contribution in [0.1, 0.15) is 27.2 Å². The molecule has 0 radical (unpaired) electrons. The van der Waals surface area contributed by atoms with Crippen LogP contribution >= 0.6 is 27.5 Å². The molecule has 1 aromatic heterocycles. The fourth-order valence-corrected chi connectivity index (χ4v) is 2.60. The van der Waals surface area contributed by atoms with Crippen molar-refractivity contribution in [2.45, 2.75) is 38.9 Å². The van der Waals surface area contributed by atoms with E-state index in [-0.39, 0.29) is 11.7 Å². The summed E-state index contributed by atoms with van der Waals surface area (Å²) in [5.74, 6) is 0. The molecule has 0 bridgehead atoms. The topological polar surface area (TPSA) is 31.4 Å². The molecule has 1 aromatic rings. The van der Waals surface area contributed by atoms with Gasteiger partial charge in [0.15, 0.2) is 0 Å². The summed E-state index contributed by atoms with van der Waals surface area (Å²) in [5.41, 5.74) is 0.550. The molecule has 0 spiro atoms. The van der Waals surface area contributed by atoms with E-state index in [2.05, 4.69) is 34.8 Å². The molecule has 6 heteroatoms. The van der Waals surface area contributed by atoms with Crippen molar-refractivity contribution in [2.24, 2.45) is 0 Å². The van der Waals surface area contributed by atoms with Crippen LogP contribution in [0.3, 0.4) is 0 Å². The van der Waals surface area contributed by atoms with Gasteiger partial charge in [-0.1, -0.05) is 11.6 Å². The monoisotopic (exact) mass is 317 g/mol. The number of rotatable bonds is 1. The molecular formula is C11H14BBrClNO2. The van der Waals surface area contributed by atoms with Crippen molar-refractivity contribution < 1.29 is 9.31 Å². The Labute approximate surface area is 115 Å². The predicted molar refractivity (Wildman–Crippen MR) is 72.7 cm³/mol. The van der Waals surface area contributed by atoms with E-state index in [1.807, 2.05) is 13.0 Å². The van der Waals surface area contributed by atoms with E-state index in [1.54, 1.807) is 6.20 Å². The normalized spacial score (nSPS) is 23.8. The van der Waals surface area contributed by atoms with Crippen LogP contribution in [0.2, 0.25) is 5.15 Å². The first-order valence-electron chi connectivity index (χ1n) is 5.51. The fourth-order valence-electron chi connectivity index (χ4n) is 2.06. The average molecular weight is 318 g/mol. The van der Waals surface area contributed by atoms with Crippen LogP contribution in [-0.2, 0) is 9.31 Å². The van der Waals surface area contributed by atoms with Crippen molar-refractivity contribution in [3.63, 3.8) is 0 Å². The van der Waals surface area contributed by atoms with Crippen molar-refractivity contribution >= 4 is 40.1 Å². The van der Waals surface area contributed by atoms with E-state index in [9.17, 15) is 0 Å². The second-order valence-electron chi connectivity index (χ2n) is 4.89. The molecule has 0 unspecified atom stereocenters. The van der Waals surface area contributed by atoms with Crippen molar-refractivity contribution in [3.8, 4) is 0 Å². The second-order valence-corrected chi connectivity index (χ2v) is 6.17. The largest absolute Gasteiger partial charge is 0.497 e. The summed E-state index contributed by atoms with van der Waals surface area (Å²) in [6, 6.07) is 1.88. The minimum atomic E-state index is -0.453. The maximum atomic E-state index is 6.08. The highest BCUT2D eigenvalue weighted by atomic mass is 79.9. The number of hydrogen-bond acceptors (Lipinski definition) is 3. The molecule has 1 atom stereocenters. The molecule has 1 aliphatic heterocycles. The number of pyridine rings is 1. The van der Waals surface area contributed by atoms with Gasteiger partial charge in [0.1, 0.15) is 5.15 Å². The first-order chi connectivity index (χ1) is 7.87. The van der Waals surface area contributed by atoms with Gasteiger partial charge in [0.25, 0.3) is 0 Å². The van der Waals surface area contributed by atoms with Gasteiger partial charge in [-0.3, -0.25) is 0 Å². The average Bonchev–Trinajstić information content (AvgIpc) is 2.18. The van der Waals surface area contributed by atoms with E-state index in [1.165, 1.54) is 0 Å². The van der Waals surface area contributed by atoms with Crippen LogP contribution in [0.5, 0.6) is 0 Å². The van der Waals surface area contributed by atoms with Gasteiger partial charge in [0, 0.05) is 22.2 Å². The second kappa shape index (κ2) is 4.88. The predicted octanol–water partition coefficient (Wildman–Crippen LogP) is 2.80. The quantitative estimate of drug-likeness (QED) is 0.589. The van der Waals surface area contributed by atoms with Gasteiger partial charge in [-0.05, 0) is 49.2 Å². The van der Waals surface area contributed by atoms with Crippen LogP contribution < -0.4 is 5.46 Å². The number of nitrogens with zero attached hydrogens (tertiary/aromatic N) is 1. The highest BCUT2D eigenvalue weighted by molar-refractivity contribution is 9.10. The van der Waals surface area contributed by atoms with Crippen LogP contribution in [0, 0.1) is 0 Å². The summed E-state index contributed by atoms with van der Waals surface area (Å²) in [4.78, 5) is 4.09. The van der Waals surface area contributed by atoms with E-state index in [0.717, 1.165) is 16.4 Å². The van der Waals surface area contributed by atoms with E-state index in [0.29, 0.717) is 5.15 Å². The number of aromatic nitrogens is 1. The molecule has 2 rings (SSSR count). The Hall–Kier alpha value is -0.0951. The molecule has 17 heavy (non-hydrogen) atoms. The van der Waals surface area contributed by atoms with E-state index < -0.39 is 7.12 Å². The Bertz CT molecular complexity index is 430. The van der Waals surface area contributed by atoms with E-state index in [4.69, 9.17) is 20.9 Å². The van der Waals surface area contributed by atoms with Crippen molar-refractivity contribution in [1.82, 2.24) is 4.98 Å². The van der Waals surface area contributed by atoms with Gasteiger partial charge < -0.3 is 9.31 Å². The molecule has 3 nitrogen and oxygen atoms in total. The lowest BCUT2D eigenvalue weighted by Crippen LogP contribution is -2.52. The SMILES string of the molecule is C[C@H]1CC(C)(C)OB(c2cc(Br)cnc2Cl)O1. The van der Waals surface area contributed by atoms with Gasteiger partial charge in [-0.2, -0.15) is 0 Å². The summed E-state index contributed by atoms with van der Waals surface area (Å²) in [5, 5.41) is 0.420. The van der Waals surface area contributed by atoms with Crippen LogP contribution in [0.4, 0.5) is 0 Å². The van der Waals surface area contributed by atoms with Crippen LogP contribution in [-0.4, -0.2) is 23.8 Å². The molecular weight excluding hydrogens is 304 g/mol. The highest BCUT2D eigenvalue weighted by Gasteiger charge is 2.39.